The number of hydrogen-bond acceptors (Lipinski definition) is 4. The highest BCUT2D eigenvalue weighted by Crippen LogP contribution is 2.10. The van der Waals surface area contributed by atoms with Gasteiger partial charge in [-0.1, -0.05) is 108 Å². The molecule has 0 fully saturated rings. The summed E-state index contributed by atoms with van der Waals surface area (Å²) >= 11 is 0. The largest absolute Gasteiger partial charge is 0.394 e. The Morgan fingerprint density at radius 2 is 1.16 bits per heavy atom. The molecule has 3 unspecified atom stereocenters. The van der Waals surface area contributed by atoms with Gasteiger partial charge in [0, 0.05) is 0 Å². The highest BCUT2D eigenvalue weighted by Gasteiger charge is 2.19. The lowest BCUT2D eigenvalue weighted by Crippen LogP contribution is -2.45. The summed E-state index contributed by atoms with van der Waals surface area (Å²) in [5, 5.41) is 32.7. The van der Waals surface area contributed by atoms with Crippen LogP contribution >= 0.6 is 0 Å². The third kappa shape index (κ3) is 24.7. The number of carbonyl (C=O) groups excluding carboxylic acids is 1. The molecule has 5 nitrogen and oxygen atoms in total. The molecule has 0 rings (SSSR count). The van der Waals surface area contributed by atoms with Gasteiger partial charge in [0.15, 0.2) is 0 Å². The van der Waals surface area contributed by atoms with Crippen LogP contribution in [0.4, 0.5) is 0 Å². The van der Waals surface area contributed by atoms with Crippen molar-refractivity contribution in [2.45, 2.75) is 154 Å². The van der Waals surface area contributed by atoms with Crippen LogP contribution in [0.15, 0.2) is 36.5 Å². The van der Waals surface area contributed by atoms with E-state index in [4.69, 9.17) is 0 Å². The molecule has 0 aliphatic carbocycles. The number of rotatable bonds is 26. The molecule has 0 radical (unpaired) electrons. The summed E-state index contributed by atoms with van der Waals surface area (Å²) in [6.07, 6.45) is 31.2. The maximum atomic E-state index is 12.2. The van der Waals surface area contributed by atoms with Crippen LogP contribution in [0.2, 0.25) is 0 Å². The van der Waals surface area contributed by atoms with E-state index in [0.29, 0.717) is 6.42 Å². The minimum atomic E-state index is -0.953. The molecule has 5 heteroatoms. The van der Waals surface area contributed by atoms with Gasteiger partial charge in [0.25, 0.3) is 0 Å². The van der Waals surface area contributed by atoms with Gasteiger partial charge in [0.2, 0.25) is 5.91 Å². The van der Waals surface area contributed by atoms with Crippen molar-refractivity contribution in [3.05, 3.63) is 36.5 Å². The Morgan fingerprint density at radius 3 is 1.73 bits per heavy atom. The fourth-order valence-electron chi connectivity index (χ4n) is 4.23. The summed E-state index contributed by atoms with van der Waals surface area (Å²) in [7, 11) is 0. The lowest BCUT2D eigenvalue weighted by atomic mass is 10.1. The van der Waals surface area contributed by atoms with Crippen LogP contribution in [0.3, 0.4) is 0 Å². The third-order valence-electron chi connectivity index (χ3n) is 6.65. The number of aliphatic hydroxyl groups excluding tert-OH is 3. The van der Waals surface area contributed by atoms with E-state index in [1.54, 1.807) is 6.08 Å². The molecule has 0 bridgehead atoms. The van der Waals surface area contributed by atoms with E-state index in [-0.39, 0.29) is 18.9 Å². The molecule has 4 N–H and O–H groups in total. The normalized spacial score (nSPS) is 14.6. The molecule has 0 saturated heterocycles. The molecular formula is C32H59NO4. The quantitative estimate of drug-likeness (QED) is 0.0710. The van der Waals surface area contributed by atoms with Gasteiger partial charge in [-0.05, 0) is 57.8 Å². The van der Waals surface area contributed by atoms with Crippen LogP contribution in [0.25, 0.3) is 0 Å². The summed E-state index contributed by atoms with van der Waals surface area (Å²) in [6, 6.07) is -0.764. The van der Waals surface area contributed by atoms with Crippen molar-refractivity contribution in [1.82, 2.24) is 5.32 Å². The number of allylic oxidation sites excluding steroid dienone is 5. The average Bonchev–Trinajstić information content (AvgIpc) is 2.88. The first-order chi connectivity index (χ1) is 18.0. The van der Waals surface area contributed by atoms with E-state index in [2.05, 4.69) is 43.5 Å². The van der Waals surface area contributed by atoms with Crippen LogP contribution in [0.1, 0.15) is 136 Å². The number of hydrogen-bond donors (Lipinski definition) is 4. The lowest BCUT2D eigenvalue weighted by Gasteiger charge is -2.20. The van der Waals surface area contributed by atoms with Crippen LogP contribution in [0.5, 0.6) is 0 Å². The van der Waals surface area contributed by atoms with Gasteiger partial charge in [-0.3, -0.25) is 4.79 Å². The first-order valence-electron chi connectivity index (χ1n) is 15.3. The van der Waals surface area contributed by atoms with Gasteiger partial charge in [-0.15, -0.1) is 0 Å². The van der Waals surface area contributed by atoms with E-state index in [1.807, 2.05) is 6.08 Å². The molecule has 3 atom stereocenters. The monoisotopic (exact) mass is 521 g/mol. The molecule has 0 aliphatic rings. The summed E-state index contributed by atoms with van der Waals surface area (Å²) < 4.78 is 0. The molecule has 0 aromatic heterocycles. The first-order valence-corrected chi connectivity index (χ1v) is 15.3. The highest BCUT2D eigenvalue weighted by atomic mass is 16.3. The Hall–Kier alpha value is -1.43. The molecule has 37 heavy (non-hydrogen) atoms. The number of unbranched alkanes of at least 4 members (excludes halogenated alkanes) is 13. The molecule has 0 saturated carbocycles. The molecular weight excluding hydrogens is 462 g/mol. The zero-order valence-electron chi connectivity index (χ0n) is 24.1. The second-order valence-electron chi connectivity index (χ2n) is 10.3. The van der Waals surface area contributed by atoms with Gasteiger partial charge >= 0.3 is 0 Å². The predicted octanol–water partition coefficient (Wildman–Crippen LogP) is 7.31. The smallest absolute Gasteiger partial charge is 0.222 e. The SMILES string of the molecule is CCCCCCC/C=C/CC/C=C/C(O)C(CO)NC(=O)CC(O)CCC/C=C\CCCCCCCC. The van der Waals surface area contributed by atoms with Gasteiger partial charge in [0.05, 0.1) is 31.3 Å². The molecule has 0 aromatic rings. The molecule has 0 spiro atoms. The number of carbonyl (C=O) groups is 1. The molecule has 1 amide bonds. The van der Waals surface area contributed by atoms with E-state index < -0.39 is 18.2 Å². The number of nitrogens with one attached hydrogen (secondary N) is 1. The average molecular weight is 522 g/mol. The number of aliphatic hydroxyl groups is 3. The lowest BCUT2D eigenvalue weighted by molar-refractivity contribution is -0.124. The fourth-order valence-corrected chi connectivity index (χ4v) is 4.23. The Morgan fingerprint density at radius 1 is 0.676 bits per heavy atom. The first kappa shape index (κ1) is 35.6. The minimum Gasteiger partial charge on any atom is -0.394 e. The van der Waals surface area contributed by atoms with E-state index in [0.717, 1.165) is 38.5 Å². The Labute approximate surface area is 228 Å². The van der Waals surface area contributed by atoms with Crippen molar-refractivity contribution in [2.24, 2.45) is 0 Å². The van der Waals surface area contributed by atoms with Gasteiger partial charge in [0.1, 0.15) is 0 Å². The minimum absolute atomic E-state index is 0.0162. The Bertz CT molecular complexity index is 587. The van der Waals surface area contributed by atoms with E-state index in [1.165, 1.54) is 70.6 Å². The summed E-state index contributed by atoms with van der Waals surface area (Å²) in [5.41, 5.74) is 0. The van der Waals surface area contributed by atoms with Crippen LogP contribution in [0, 0.1) is 0 Å². The van der Waals surface area contributed by atoms with Crippen LogP contribution in [-0.4, -0.2) is 46.1 Å². The van der Waals surface area contributed by atoms with Gasteiger partial charge in [-0.2, -0.15) is 0 Å². The summed E-state index contributed by atoms with van der Waals surface area (Å²) in [4.78, 5) is 12.2. The fraction of sp³-hybridized carbons (Fsp3) is 0.781. The van der Waals surface area contributed by atoms with Crippen molar-refractivity contribution in [3.63, 3.8) is 0 Å². The van der Waals surface area contributed by atoms with E-state index in [9.17, 15) is 20.1 Å². The predicted molar refractivity (Wildman–Crippen MR) is 158 cm³/mol. The Balaban J connectivity index is 3.93. The van der Waals surface area contributed by atoms with Crippen LogP contribution < -0.4 is 5.32 Å². The summed E-state index contributed by atoms with van der Waals surface area (Å²) in [6.45, 7) is 4.11. The van der Waals surface area contributed by atoms with Crippen molar-refractivity contribution in [2.75, 3.05) is 6.61 Å². The van der Waals surface area contributed by atoms with Crippen molar-refractivity contribution in [1.29, 1.82) is 0 Å². The standard InChI is InChI=1S/C32H59NO4/c1-3-5-7-9-11-13-15-17-19-21-23-25-29(35)27-32(37)33-30(28-34)31(36)26-24-22-20-18-16-14-12-10-8-6-4-2/h16-19,24,26,29-31,34-36H,3-15,20-23,25,27-28H2,1-2H3,(H,33,37)/b18-16+,19-17-,26-24+. The van der Waals surface area contributed by atoms with Gasteiger partial charge in [-0.25, -0.2) is 0 Å². The zero-order chi connectivity index (χ0) is 27.4. The van der Waals surface area contributed by atoms with Crippen molar-refractivity contribution in [3.8, 4) is 0 Å². The molecule has 216 valence electrons. The second-order valence-corrected chi connectivity index (χ2v) is 10.3. The number of amides is 1. The van der Waals surface area contributed by atoms with Gasteiger partial charge < -0.3 is 20.6 Å². The molecule has 0 aromatic carbocycles. The molecule has 0 aliphatic heterocycles. The van der Waals surface area contributed by atoms with Crippen molar-refractivity contribution < 1.29 is 20.1 Å². The topological polar surface area (TPSA) is 89.8 Å². The summed E-state index contributed by atoms with van der Waals surface area (Å²) in [5.74, 6) is -0.348. The zero-order valence-corrected chi connectivity index (χ0v) is 24.1. The maximum Gasteiger partial charge on any atom is 0.222 e. The maximum absolute atomic E-state index is 12.2. The Kier molecular flexibility index (Phi) is 26.5. The highest BCUT2D eigenvalue weighted by molar-refractivity contribution is 5.76. The molecule has 0 heterocycles. The van der Waals surface area contributed by atoms with Crippen molar-refractivity contribution >= 4 is 5.91 Å². The second kappa shape index (κ2) is 27.6. The third-order valence-corrected chi connectivity index (χ3v) is 6.65. The van der Waals surface area contributed by atoms with Crippen LogP contribution in [-0.2, 0) is 4.79 Å². The van der Waals surface area contributed by atoms with E-state index >= 15 is 0 Å².